The van der Waals surface area contributed by atoms with E-state index in [1.54, 1.807) is 18.3 Å². The van der Waals surface area contributed by atoms with Crippen molar-refractivity contribution >= 4 is 33.2 Å². The average molecular weight is 523 g/mol. The van der Waals surface area contributed by atoms with E-state index in [9.17, 15) is 13.2 Å². The highest BCUT2D eigenvalue weighted by Crippen LogP contribution is 2.26. The van der Waals surface area contributed by atoms with Crippen LogP contribution in [0.25, 0.3) is 5.69 Å². The van der Waals surface area contributed by atoms with Crippen LogP contribution in [0.1, 0.15) is 22.5 Å². The van der Waals surface area contributed by atoms with E-state index in [1.165, 1.54) is 24.3 Å². The minimum absolute atomic E-state index is 0.0545. The third-order valence-corrected chi connectivity index (χ3v) is 8.06. The Labute approximate surface area is 216 Å². The Morgan fingerprint density at radius 2 is 1.72 bits per heavy atom. The molecule has 0 aliphatic carbocycles. The quantitative estimate of drug-likeness (QED) is 0.354. The van der Waals surface area contributed by atoms with Gasteiger partial charge in [0.2, 0.25) is 5.91 Å². The summed E-state index contributed by atoms with van der Waals surface area (Å²) in [5, 5.41) is 3.31. The standard InChI is InChI=1S/C27H27ClN4O3S/c1-19-8-11-24(16-20(19)2)32(36(34,35)25-12-9-23(28)10-13-25)18-27(33)30-17-22-6-4-5-7-26(22)31-15-14-29-21(31)3/h4-16H,17-18H2,1-3H3,(H,30,33). The Hall–Kier alpha value is -3.62. The number of sulfonamides is 1. The molecule has 0 saturated carbocycles. The average Bonchev–Trinajstić information content (AvgIpc) is 3.29. The summed E-state index contributed by atoms with van der Waals surface area (Å²) in [6.45, 7) is 5.61. The van der Waals surface area contributed by atoms with Crippen LogP contribution in [0.15, 0.2) is 84.0 Å². The SMILES string of the molecule is Cc1ccc(N(CC(=O)NCc2ccccc2-n2ccnc2C)S(=O)(=O)c2ccc(Cl)cc2)cc1C. The molecular weight excluding hydrogens is 496 g/mol. The summed E-state index contributed by atoms with van der Waals surface area (Å²) in [6.07, 6.45) is 3.57. The molecule has 0 radical (unpaired) electrons. The van der Waals surface area contributed by atoms with Gasteiger partial charge in [0.1, 0.15) is 12.4 Å². The summed E-state index contributed by atoms with van der Waals surface area (Å²) in [5.41, 5.74) is 4.14. The molecule has 1 amide bonds. The first-order valence-electron chi connectivity index (χ1n) is 11.4. The normalized spacial score (nSPS) is 11.3. The fourth-order valence-corrected chi connectivity index (χ4v) is 5.38. The zero-order valence-electron chi connectivity index (χ0n) is 20.3. The topological polar surface area (TPSA) is 84.3 Å². The molecule has 1 N–H and O–H groups in total. The fourth-order valence-electron chi connectivity index (χ4n) is 3.84. The number of hydrogen-bond donors (Lipinski definition) is 1. The van der Waals surface area contributed by atoms with Crippen molar-refractivity contribution in [3.63, 3.8) is 0 Å². The summed E-state index contributed by atoms with van der Waals surface area (Å²) in [4.78, 5) is 17.4. The molecule has 0 fully saturated rings. The van der Waals surface area contributed by atoms with Crippen molar-refractivity contribution in [2.24, 2.45) is 0 Å². The number of nitrogens with zero attached hydrogens (tertiary/aromatic N) is 3. The van der Waals surface area contributed by atoms with Crippen molar-refractivity contribution in [1.82, 2.24) is 14.9 Å². The van der Waals surface area contributed by atoms with Gasteiger partial charge in [-0.25, -0.2) is 13.4 Å². The van der Waals surface area contributed by atoms with Crippen LogP contribution < -0.4 is 9.62 Å². The van der Waals surface area contributed by atoms with Crippen molar-refractivity contribution < 1.29 is 13.2 Å². The summed E-state index contributed by atoms with van der Waals surface area (Å²) in [6, 6.07) is 18.9. The van der Waals surface area contributed by atoms with Gasteiger partial charge in [-0.05, 0) is 79.9 Å². The molecule has 3 aromatic carbocycles. The zero-order chi connectivity index (χ0) is 25.9. The van der Waals surface area contributed by atoms with Gasteiger partial charge in [-0.2, -0.15) is 0 Å². The second-order valence-corrected chi connectivity index (χ2v) is 10.8. The number of carbonyl (C=O) groups excluding carboxylic acids is 1. The number of carbonyl (C=O) groups is 1. The maximum Gasteiger partial charge on any atom is 0.264 e. The molecule has 0 aliphatic heterocycles. The van der Waals surface area contributed by atoms with E-state index in [4.69, 9.17) is 11.6 Å². The van der Waals surface area contributed by atoms with E-state index < -0.39 is 15.9 Å². The summed E-state index contributed by atoms with van der Waals surface area (Å²) >= 11 is 5.96. The number of para-hydroxylation sites is 1. The van der Waals surface area contributed by atoms with Crippen molar-refractivity contribution in [3.05, 3.63) is 107 Å². The first-order chi connectivity index (χ1) is 17.2. The number of rotatable bonds is 8. The summed E-state index contributed by atoms with van der Waals surface area (Å²) < 4.78 is 30.2. The maximum atomic E-state index is 13.6. The van der Waals surface area contributed by atoms with E-state index in [2.05, 4.69) is 10.3 Å². The third kappa shape index (κ3) is 5.45. The molecule has 4 aromatic rings. The molecule has 9 heteroatoms. The Kier molecular flexibility index (Phi) is 7.47. The van der Waals surface area contributed by atoms with Crippen LogP contribution in [0, 0.1) is 20.8 Å². The van der Waals surface area contributed by atoms with Crippen LogP contribution in [0.3, 0.4) is 0 Å². The Balaban J connectivity index is 1.60. The number of halogens is 1. The molecule has 0 spiro atoms. The molecule has 0 aliphatic rings. The van der Waals surface area contributed by atoms with Crippen molar-refractivity contribution in [1.29, 1.82) is 0 Å². The highest BCUT2D eigenvalue weighted by atomic mass is 35.5. The van der Waals surface area contributed by atoms with E-state index in [0.717, 1.165) is 32.5 Å². The molecule has 0 unspecified atom stereocenters. The van der Waals surface area contributed by atoms with Crippen molar-refractivity contribution in [3.8, 4) is 5.69 Å². The molecule has 4 rings (SSSR count). The summed E-state index contributed by atoms with van der Waals surface area (Å²) in [5.74, 6) is 0.395. The number of nitrogens with one attached hydrogen (secondary N) is 1. The number of amides is 1. The maximum absolute atomic E-state index is 13.6. The highest BCUT2D eigenvalue weighted by molar-refractivity contribution is 7.92. The lowest BCUT2D eigenvalue weighted by Crippen LogP contribution is -2.40. The molecule has 36 heavy (non-hydrogen) atoms. The lowest BCUT2D eigenvalue weighted by atomic mass is 10.1. The monoisotopic (exact) mass is 522 g/mol. The second kappa shape index (κ2) is 10.6. The van der Waals surface area contributed by atoms with Gasteiger partial charge >= 0.3 is 0 Å². The summed E-state index contributed by atoms with van der Waals surface area (Å²) in [7, 11) is -4.03. The largest absolute Gasteiger partial charge is 0.350 e. The third-order valence-electron chi connectivity index (χ3n) is 6.02. The van der Waals surface area contributed by atoms with Crippen LogP contribution in [-0.2, 0) is 21.4 Å². The lowest BCUT2D eigenvalue weighted by Gasteiger charge is -2.25. The number of hydrogen-bond acceptors (Lipinski definition) is 4. The number of anilines is 1. The molecule has 0 bridgehead atoms. The second-order valence-electron chi connectivity index (χ2n) is 8.48. The van der Waals surface area contributed by atoms with Gasteiger partial charge in [0.05, 0.1) is 16.3 Å². The number of aryl methyl sites for hydroxylation is 3. The van der Waals surface area contributed by atoms with Gasteiger partial charge in [-0.1, -0.05) is 35.9 Å². The predicted molar refractivity (Wildman–Crippen MR) is 142 cm³/mol. The first-order valence-corrected chi connectivity index (χ1v) is 13.2. The van der Waals surface area contributed by atoms with Crippen LogP contribution >= 0.6 is 11.6 Å². The predicted octanol–water partition coefficient (Wildman–Crippen LogP) is 4.96. The molecule has 0 atom stereocenters. The van der Waals surface area contributed by atoms with Gasteiger partial charge in [0.25, 0.3) is 10.0 Å². The molecule has 186 valence electrons. The van der Waals surface area contributed by atoms with E-state index in [0.29, 0.717) is 10.7 Å². The van der Waals surface area contributed by atoms with Crippen LogP contribution in [-0.4, -0.2) is 30.4 Å². The van der Waals surface area contributed by atoms with Crippen LogP contribution in [0.2, 0.25) is 5.02 Å². The molecular formula is C27H27ClN4O3S. The number of benzene rings is 3. The number of imidazole rings is 1. The van der Waals surface area contributed by atoms with E-state index in [-0.39, 0.29) is 18.0 Å². The lowest BCUT2D eigenvalue weighted by molar-refractivity contribution is -0.119. The van der Waals surface area contributed by atoms with Gasteiger partial charge in [0, 0.05) is 24.0 Å². The Morgan fingerprint density at radius 1 is 1.00 bits per heavy atom. The highest BCUT2D eigenvalue weighted by Gasteiger charge is 2.27. The molecule has 7 nitrogen and oxygen atoms in total. The van der Waals surface area contributed by atoms with Gasteiger partial charge < -0.3 is 9.88 Å². The van der Waals surface area contributed by atoms with Gasteiger partial charge in [-0.3, -0.25) is 9.10 Å². The van der Waals surface area contributed by atoms with Crippen LogP contribution in [0.4, 0.5) is 5.69 Å². The van der Waals surface area contributed by atoms with Crippen LogP contribution in [0.5, 0.6) is 0 Å². The van der Waals surface area contributed by atoms with E-state index >= 15 is 0 Å². The molecule has 0 saturated heterocycles. The van der Waals surface area contributed by atoms with E-state index in [1.807, 2.05) is 61.9 Å². The van der Waals surface area contributed by atoms with Crippen molar-refractivity contribution in [2.45, 2.75) is 32.2 Å². The van der Waals surface area contributed by atoms with Gasteiger partial charge in [0.15, 0.2) is 0 Å². The van der Waals surface area contributed by atoms with Crippen molar-refractivity contribution in [2.75, 3.05) is 10.8 Å². The molecule has 1 aromatic heterocycles. The van der Waals surface area contributed by atoms with Gasteiger partial charge in [-0.15, -0.1) is 0 Å². The Morgan fingerprint density at radius 3 is 2.39 bits per heavy atom. The molecule has 1 heterocycles. The fraction of sp³-hybridized carbons (Fsp3) is 0.185. The Bertz CT molecular complexity index is 1500. The number of aromatic nitrogens is 2. The smallest absolute Gasteiger partial charge is 0.264 e. The first kappa shape index (κ1) is 25.5. The zero-order valence-corrected chi connectivity index (χ0v) is 21.8. The minimum Gasteiger partial charge on any atom is -0.350 e. The minimum atomic E-state index is -4.03.